The Bertz CT molecular complexity index is 379. The number of ether oxygens (including phenoxy) is 1. The van der Waals surface area contributed by atoms with E-state index < -0.39 is 0 Å². The summed E-state index contributed by atoms with van der Waals surface area (Å²) in [6.45, 7) is 4.11. The highest BCUT2D eigenvalue weighted by Crippen LogP contribution is 2.24. The Hall–Kier alpha value is -0.880. The fourth-order valence-electron chi connectivity index (χ4n) is 1.75. The topological polar surface area (TPSA) is 59.1 Å². The number of rotatable bonds is 3. The van der Waals surface area contributed by atoms with E-state index in [1.807, 2.05) is 0 Å². The number of nitrogens with one attached hydrogen (secondary N) is 2. The van der Waals surface area contributed by atoms with Crippen molar-refractivity contribution in [3.63, 3.8) is 0 Å². The standard InChI is InChI=1S/C10H15BrN4O/c1-10(3-4-12-6-10)15-9-13-5-7(11)8(14-9)16-2/h5,12H,3-4,6H2,1-2H3,(H,13,14,15). The van der Waals surface area contributed by atoms with Crippen LogP contribution in [0.15, 0.2) is 10.7 Å². The molecular formula is C10H15BrN4O. The first-order chi connectivity index (χ1) is 7.63. The molecule has 1 aliphatic rings. The van der Waals surface area contributed by atoms with Gasteiger partial charge in [-0.1, -0.05) is 0 Å². The van der Waals surface area contributed by atoms with E-state index in [2.05, 4.69) is 43.5 Å². The highest BCUT2D eigenvalue weighted by molar-refractivity contribution is 9.10. The fraction of sp³-hybridized carbons (Fsp3) is 0.600. The van der Waals surface area contributed by atoms with Crippen LogP contribution in [0.25, 0.3) is 0 Å². The second-order valence-electron chi connectivity index (χ2n) is 4.16. The summed E-state index contributed by atoms with van der Waals surface area (Å²) >= 11 is 3.33. The Morgan fingerprint density at radius 1 is 1.62 bits per heavy atom. The van der Waals surface area contributed by atoms with Crippen molar-refractivity contribution in [1.29, 1.82) is 0 Å². The number of aromatic nitrogens is 2. The molecule has 0 radical (unpaired) electrons. The molecule has 0 amide bonds. The van der Waals surface area contributed by atoms with Crippen LogP contribution >= 0.6 is 15.9 Å². The molecular weight excluding hydrogens is 272 g/mol. The Labute approximate surface area is 103 Å². The maximum Gasteiger partial charge on any atom is 0.232 e. The maximum atomic E-state index is 5.13. The molecule has 0 aromatic carbocycles. The van der Waals surface area contributed by atoms with Gasteiger partial charge in [-0.2, -0.15) is 4.98 Å². The summed E-state index contributed by atoms with van der Waals surface area (Å²) < 4.78 is 5.89. The largest absolute Gasteiger partial charge is 0.480 e. The summed E-state index contributed by atoms with van der Waals surface area (Å²) in [5.41, 5.74) is 0.0266. The van der Waals surface area contributed by atoms with Crippen LogP contribution < -0.4 is 15.4 Å². The molecule has 2 heterocycles. The molecule has 1 aliphatic heterocycles. The third-order valence-electron chi connectivity index (χ3n) is 2.69. The van der Waals surface area contributed by atoms with Gasteiger partial charge >= 0.3 is 0 Å². The molecule has 0 saturated carbocycles. The fourth-order valence-corrected chi connectivity index (χ4v) is 2.10. The van der Waals surface area contributed by atoms with Crippen molar-refractivity contribution >= 4 is 21.9 Å². The predicted molar refractivity (Wildman–Crippen MR) is 65.8 cm³/mol. The summed E-state index contributed by atoms with van der Waals surface area (Å²) in [5, 5.41) is 6.65. The number of hydrogen-bond acceptors (Lipinski definition) is 5. The second-order valence-corrected chi connectivity index (χ2v) is 5.02. The first kappa shape index (κ1) is 11.6. The van der Waals surface area contributed by atoms with Crippen molar-refractivity contribution in [3.8, 4) is 5.88 Å². The van der Waals surface area contributed by atoms with Gasteiger partial charge in [0.1, 0.15) is 0 Å². The summed E-state index contributed by atoms with van der Waals surface area (Å²) in [7, 11) is 1.59. The van der Waals surface area contributed by atoms with Crippen LogP contribution in [0, 0.1) is 0 Å². The lowest BCUT2D eigenvalue weighted by molar-refractivity contribution is 0.394. The second kappa shape index (κ2) is 4.55. The van der Waals surface area contributed by atoms with Crippen LogP contribution in [-0.4, -0.2) is 35.7 Å². The first-order valence-corrected chi connectivity index (χ1v) is 5.98. The van der Waals surface area contributed by atoms with Crippen LogP contribution in [0.4, 0.5) is 5.95 Å². The molecule has 0 bridgehead atoms. The molecule has 6 heteroatoms. The van der Waals surface area contributed by atoms with Gasteiger partial charge in [0.25, 0.3) is 0 Å². The number of halogens is 1. The van der Waals surface area contributed by atoms with Gasteiger partial charge in [0.15, 0.2) is 0 Å². The van der Waals surface area contributed by atoms with Crippen molar-refractivity contribution < 1.29 is 4.74 Å². The van der Waals surface area contributed by atoms with E-state index in [9.17, 15) is 0 Å². The van der Waals surface area contributed by atoms with Crippen molar-refractivity contribution in [3.05, 3.63) is 10.7 Å². The van der Waals surface area contributed by atoms with Gasteiger partial charge in [0.2, 0.25) is 11.8 Å². The molecule has 1 atom stereocenters. The maximum absolute atomic E-state index is 5.13. The molecule has 1 fully saturated rings. The van der Waals surface area contributed by atoms with Crippen LogP contribution in [0.1, 0.15) is 13.3 Å². The smallest absolute Gasteiger partial charge is 0.232 e. The minimum atomic E-state index is 0.0266. The van der Waals surface area contributed by atoms with Crippen molar-refractivity contribution in [1.82, 2.24) is 15.3 Å². The lowest BCUT2D eigenvalue weighted by Crippen LogP contribution is -2.37. The Kier molecular flexibility index (Phi) is 3.30. The van der Waals surface area contributed by atoms with E-state index in [1.54, 1.807) is 13.3 Å². The van der Waals surface area contributed by atoms with E-state index >= 15 is 0 Å². The molecule has 16 heavy (non-hydrogen) atoms. The molecule has 0 spiro atoms. The molecule has 2 rings (SSSR count). The third kappa shape index (κ3) is 2.44. The molecule has 1 unspecified atom stereocenters. The van der Waals surface area contributed by atoms with Crippen molar-refractivity contribution in [2.75, 3.05) is 25.5 Å². The van der Waals surface area contributed by atoms with Crippen LogP contribution in [0.5, 0.6) is 5.88 Å². The van der Waals surface area contributed by atoms with Gasteiger partial charge < -0.3 is 15.4 Å². The quantitative estimate of drug-likeness (QED) is 0.880. The molecule has 1 saturated heterocycles. The average Bonchev–Trinajstić information content (AvgIpc) is 2.68. The molecule has 5 nitrogen and oxygen atoms in total. The zero-order chi connectivity index (χ0) is 11.6. The Morgan fingerprint density at radius 3 is 3.06 bits per heavy atom. The predicted octanol–water partition coefficient (Wildman–Crippen LogP) is 1.41. The minimum absolute atomic E-state index is 0.0266. The molecule has 2 N–H and O–H groups in total. The summed E-state index contributed by atoms with van der Waals surface area (Å²) in [6.07, 6.45) is 2.76. The molecule has 1 aromatic heterocycles. The van der Waals surface area contributed by atoms with E-state index in [1.165, 1.54) is 0 Å². The Morgan fingerprint density at radius 2 is 2.44 bits per heavy atom. The van der Waals surface area contributed by atoms with Gasteiger partial charge in [-0.25, -0.2) is 4.98 Å². The molecule has 0 aliphatic carbocycles. The minimum Gasteiger partial charge on any atom is -0.480 e. The van der Waals surface area contributed by atoms with Gasteiger partial charge in [-0.3, -0.25) is 0 Å². The van der Waals surface area contributed by atoms with E-state index in [0.29, 0.717) is 11.8 Å². The monoisotopic (exact) mass is 286 g/mol. The summed E-state index contributed by atoms with van der Waals surface area (Å²) in [6, 6.07) is 0. The number of anilines is 1. The van der Waals surface area contributed by atoms with Crippen molar-refractivity contribution in [2.45, 2.75) is 18.9 Å². The van der Waals surface area contributed by atoms with Crippen LogP contribution in [0.2, 0.25) is 0 Å². The number of nitrogens with zero attached hydrogens (tertiary/aromatic N) is 2. The summed E-state index contributed by atoms with van der Waals surface area (Å²) in [5.74, 6) is 1.15. The highest BCUT2D eigenvalue weighted by Gasteiger charge is 2.29. The molecule has 88 valence electrons. The van der Waals surface area contributed by atoms with E-state index in [0.717, 1.165) is 24.0 Å². The lowest BCUT2D eigenvalue weighted by Gasteiger charge is -2.24. The number of methoxy groups -OCH3 is 1. The van der Waals surface area contributed by atoms with Crippen LogP contribution in [-0.2, 0) is 0 Å². The molecule has 1 aromatic rings. The van der Waals surface area contributed by atoms with Gasteiger partial charge in [0.05, 0.1) is 23.3 Å². The van der Waals surface area contributed by atoms with Crippen LogP contribution in [0.3, 0.4) is 0 Å². The SMILES string of the molecule is COc1nc(NC2(C)CCNC2)ncc1Br. The lowest BCUT2D eigenvalue weighted by atomic mass is 10.0. The summed E-state index contributed by atoms with van der Waals surface area (Å²) in [4.78, 5) is 8.50. The van der Waals surface area contributed by atoms with Gasteiger partial charge in [-0.15, -0.1) is 0 Å². The van der Waals surface area contributed by atoms with E-state index in [4.69, 9.17) is 4.74 Å². The van der Waals surface area contributed by atoms with Gasteiger partial charge in [0, 0.05) is 6.54 Å². The van der Waals surface area contributed by atoms with E-state index in [-0.39, 0.29) is 5.54 Å². The normalized spacial score (nSPS) is 24.4. The zero-order valence-electron chi connectivity index (χ0n) is 9.38. The first-order valence-electron chi connectivity index (χ1n) is 5.18. The Balaban J connectivity index is 2.15. The number of hydrogen-bond donors (Lipinski definition) is 2. The zero-order valence-corrected chi connectivity index (χ0v) is 11.0. The average molecular weight is 287 g/mol. The third-order valence-corrected chi connectivity index (χ3v) is 3.23. The highest BCUT2D eigenvalue weighted by atomic mass is 79.9. The van der Waals surface area contributed by atoms with Gasteiger partial charge in [-0.05, 0) is 35.8 Å². The van der Waals surface area contributed by atoms with Crippen molar-refractivity contribution in [2.24, 2.45) is 0 Å².